The van der Waals surface area contributed by atoms with Crippen LogP contribution in [-0.2, 0) is 9.59 Å². The molecule has 1 rings (SSSR count). The fourth-order valence-electron chi connectivity index (χ4n) is 2.84. The van der Waals surface area contributed by atoms with Gasteiger partial charge in [0.1, 0.15) is 0 Å². The van der Waals surface area contributed by atoms with Crippen LogP contribution in [0.5, 0.6) is 0 Å². The molecule has 0 aromatic carbocycles. The van der Waals surface area contributed by atoms with Crippen LogP contribution in [0.2, 0.25) is 0 Å². The second-order valence-electron chi connectivity index (χ2n) is 5.40. The van der Waals surface area contributed by atoms with Crippen LogP contribution < -0.4 is 11.1 Å². The molecule has 118 valence electrons. The number of nitrogens with zero attached hydrogens (tertiary/aromatic N) is 1. The van der Waals surface area contributed by atoms with Gasteiger partial charge in [0.25, 0.3) is 0 Å². The molecule has 1 atom stereocenters. The number of halogens is 1. The summed E-state index contributed by atoms with van der Waals surface area (Å²) in [5, 5.41) is 2.67. The number of hydrogen-bond donors (Lipinski definition) is 2. The molecular weight excluding hydrogens is 278 g/mol. The van der Waals surface area contributed by atoms with Crippen molar-refractivity contribution in [3.63, 3.8) is 0 Å². The Morgan fingerprint density at radius 2 is 1.95 bits per heavy atom. The zero-order chi connectivity index (χ0) is 14.5. The fraction of sp³-hybridized carbons (Fsp3) is 0.857. The smallest absolute Gasteiger partial charge is 0.230 e. The van der Waals surface area contributed by atoms with Crippen LogP contribution in [-0.4, -0.2) is 43.4 Å². The molecule has 0 radical (unpaired) electrons. The number of amides is 2. The Hall–Kier alpha value is -0.810. The van der Waals surface area contributed by atoms with Crippen molar-refractivity contribution in [2.24, 2.45) is 17.1 Å². The number of rotatable bonds is 5. The maximum Gasteiger partial charge on any atom is 0.230 e. The first-order valence-corrected chi connectivity index (χ1v) is 7.25. The highest BCUT2D eigenvalue weighted by Crippen LogP contribution is 2.30. The Bertz CT molecular complexity index is 324. The highest BCUT2D eigenvalue weighted by molar-refractivity contribution is 5.85. The average molecular weight is 306 g/mol. The van der Waals surface area contributed by atoms with Gasteiger partial charge in [-0.05, 0) is 25.7 Å². The minimum absolute atomic E-state index is 0. The molecule has 0 bridgehead atoms. The van der Waals surface area contributed by atoms with E-state index in [1.54, 1.807) is 7.05 Å². The van der Waals surface area contributed by atoms with Crippen molar-refractivity contribution in [1.82, 2.24) is 10.2 Å². The summed E-state index contributed by atoms with van der Waals surface area (Å²) < 4.78 is 0. The lowest BCUT2D eigenvalue weighted by molar-refractivity contribution is -0.145. The normalized spacial score (nSPS) is 19.2. The molecule has 1 unspecified atom stereocenters. The van der Waals surface area contributed by atoms with Gasteiger partial charge in [0, 0.05) is 26.7 Å². The third-order valence-corrected chi connectivity index (χ3v) is 4.52. The van der Waals surface area contributed by atoms with E-state index in [9.17, 15) is 9.59 Å². The monoisotopic (exact) mass is 305 g/mol. The number of likely N-dealkylation sites (tertiary alicyclic amines) is 1. The average Bonchev–Trinajstić information content (AvgIpc) is 2.48. The lowest BCUT2D eigenvalue weighted by atomic mass is 9.80. The van der Waals surface area contributed by atoms with Crippen molar-refractivity contribution in [2.45, 2.75) is 39.5 Å². The zero-order valence-electron chi connectivity index (χ0n) is 12.8. The van der Waals surface area contributed by atoms with Crippen LogP contribution in [0.3, 0.4) is 0 Å². The first kappa shape index (κ1) is 19.2. The molecular formula is C14H28ClN3O2. The second kappa shape index (κ2) is 8.47. The predicted molar refractivity (Wildman–Crippen MR) is 82.7 cm³/mol. The Labute approximate surface area is 128 Å². The van der Waals surface area contributed by atoms with E-state index in [0.29, 0.717) is 13.1 Å². The van der Waals surface area contributed by atoms with Crippen LogP contribution in [0.4, 0.5) is 0 Å². The molecule has 5 nitrogen and oxygen atoms in total. The Balaban J connectivity index is 0.00000361. The summed E-state index contributed by atoms with van der Waals surface area (Å²) in [6.07, 6.45) is 3.25. The van der Waals surface area contributed by atoms with Gasteiger partial charge < -0.3 is 16.0 Å². The van der Waals surface area contributed by atoms with Crippen LogP contribution >= 0.6 is 12.4 Å². The van der Waals surface area contributed by atoms with Crippen LogP contribution in [0.1, 0.15) is 39.5 Å². The van der Waals surface area contributed by atoms with Crippen molar-refractivity contribution >= 4 is 24.2 Å². The van der Waals surface area contributed by atoms with Crippen LogP contribution in [0.15, 0.2) is 0 Å². The summed E-state index contributed by atoms with van der Waals surface area (Å²) >= 11 is 0. The number of piperidine rings is 1. The quantitative estimate of drug-likeness (QED) is 0.800. The first-order chi connectivity index (χ1) is 9.04. The molecule has 6 heteroatoms. The van der Waals surface area contributed by atoms with Crippen LogP contribution in [0.25, 0.3) is 0 Å². The summed E-state index contributed by atoms with van der Waals surface area (Å²) in [6, 6.07) is 0. The summed E-state index contributed by atoms with van der Waals surface area (Å²) in [5.41, 5.74) is 5.38. The third kappa shape index (κ3) is 3.85. The predicted octanol–water partition coefficient (Wildman–Crippen LogP) is 1.16. The van der Waals surface area contributed by atoms with Gasteiger partial charge in [0.2, 0.25) is 11.8 Å². The lowest BCUT2D eigenvalue weighted by Gasteiger charge is -2.39. The SMILES string of the molecule is CCC(CC)(CN)C(=O)N1CCCC(C(=O)NC)C1.Cl. The molecule has 0 aromatic heterocycles. The van der Waals surface area contributed by atoms with E-state index in [1.165, 1.54) is 0 Å². The van der Waals surface area contributed by atoms with Crippen molar-refractivity contribution < 1.29 is 9.59 Å². The van der Waals surface area contributed by atoms with Gasteiger partial charge in [-0.3, -0.25) is 9.59 Å². The van der Waals surface area contributed by atoms with Gasteiger partial charge in [-0.1, -0.05) is 13.8 Å². The minimum Gasteiger partial charge on any atom is -0.359 e. The van der Waals surface area contributed by atoms with Gasteiger partial charge in [-0.15, -0.1) is 12.4 Å². The number of nitrogens with one attached hydrogen (secondary N) is 1. The van der Waals surface area contributed by atoms with Crippen molar-refractivity contribution in [1.29, 1.82) is 0 Å². The van der Waals surface area contributed by atoms with E-state index in [1.807, 2.05) is 18.7 Å². The number of nitrogens with two attached hydrogens (primary N) is 1. The van der Waals surface area contributed by atoms with Crippen LogP contribution in [0, 0.1) is 11.3 Å². The molecule has 20 heavy (non-hydrogen) atoms. The molecule has 1 saturated heterocycles. The fourth-order valence-corrected chi connectivity index (χ4v) is 2.84. The molecule has 0 aromatic rings. The van der Waals surface area contributed by atoms with Gasteiger partial charge in [-0.25, -0.2) is 0 Å². The topological polar surface area (TPSA) is 75.4 Å². The van der Waals surface area contributed by atoms with Gasteiger partial charge in [-0.2, -0.15) is 0 Å². The van der Waals surface area contributed by atoms with E-state index in [-0.39, 0.29) is 30.1 Å². The zero-order valence-corrected chi connectivity index (χ0v) is 13.6. The second-order valence-corrected chi connectivity index (χ2v) is 5.40. The largest absolute Gasteiger partial charge is 0.359 e. The standard InChI is InChI=1S/C14H27N3O2.ClH/c1-4-14(5-2,10-15)13(19)17-8-6-7-11(9-17)12(18)16-3;/h11H,4-10,15H2,1-3H3,(H,16,18);1H. The molecule has 1 aliphatic rings. The van der Waals surface area contributed by atoms with Crippen molar-refractivity contribution in [3.05, 3.63) is 0 Å². The Morgan fingerprint density at radius 3 is 2.40 bits per heavy atom. The highest BCUT2D eigenvalue weighted by atomic mass is 35.5. The van der Waals surface area contributed by atoms with E-state index in [4.69, 9.17) is 5.73 Å². The Kier molecular flexibility index (Phi) is 8.13. The molecule has 0 spiro atoms. The minimum atomic E-state index is -0.454. The number of carbonyl (C=O) groups excluding carboxylic acids is 2. The molecule has 1 fully saturated rings. The molecule has 0 saturated carbocycles. The summed E-state index contributed by atoms with van der Waals surface area (Å²) in [7, 11) is 1.64. The summed E-state index contributed by atoms with van der Waals surface area (Å²) in [4.78, 5) is 26.2. The van der Waals surface area contributed by atoms with E-state index in [0.717, 1.165) is 32.2 Å². The van der Waals surface area contributed by atoms with E-state index >= 15 is 0 Å². The molecule has 3 N–H and O–H groups in total. The first-order valence-electron chi connectivity index (χ1n) is 7.25. The van der Waals surface area contributed by atoms with Gasteiger partial charge >= 0.3 is 0 Å². The highest BCUT2D eigenvalue weighted by Gasteiger charge is 2.39. The van der Waals surface area contributed by atoms with E-state index < -0.39 is 5.41 Å². The molecule has 1 heterocycles. The summed E-state index contributed by atoms with van der Waals surface area (Å²) in [6.45, 7) is 5.66. The number of carbonyl (C=O) groups is 2. The van der Waals surface area contributed by atoms with E-state index in [2.05, 4.69) is 5.32 Å². The molecule has 0 aliphatic carbocycles. The van der Waals surface area contributed by atoms with Gasteiger partial charge in [0.15, 0.2) is 0 Å². The van der Waals surface area contributed by atoms with Gasteiger partial charge in [0.05, 0.1) is 11.3 Å². The summed E-state index contributed by atoms with van der Waals surface area (Å²) in [5.74, 6) is 0.0735. The maximum atomic E-state index is 12.7. The molecule has 1 aliphatic heterocycles. The number of hydrogen-bond acceptors (Lipinski definition) is 3. The van der Waals surface area contributed by atoms with Crippen molar-refractivity contribution in [2.75, 3.05) is 26.7 Å². The lowest BCUT2D eigenvalue weighted by Crippen LogP contribution is -2.52. The maximum absolute atomic E-state index is 12.7. The third-order valence-electron chi connectivity index (χ3n) is 4.52. The molecule has 2 amide bonds. The Morgan fingerprint density at radius 1 is 1.35 bits per heavy atom. The van der Waals surface area contributed by atoms with Crippen molar-refractivity contribution in [3.8, 4) is 0 Å².